The van der Waals surface area contributed by atoms with Crippen molar-refractivity contribution < 1.29 is 28.9 Å². The first kappa shape index (κ1) is 26.0. The standard InChI is InChI=1S/C27H21Cl2N3O8/c1-9-6-12-17(22(34)27(9)23(35)18-14(38-2)8-15(39-3)20(29)21(18)40-27)16(10-4-5-13(33)11(28)7-10)19-24(30-12)31-26(37)32-25(19)36/h4-5,7-9,16,33H,6H2,1-3H3,(H3,30,31,32,36,37)/t9-,16?,27+/m1/s1. The van der Waals surface area contributed by atoms with E-state index in [1.54, 1.807) is 6.92 Å². The van der Waals surface area contributed by atoms with Crippen LogP contribution in [-0.2, 0) is 4.79 Å². The molecule has 206 valence electrons. The van der Waals surface area contributed by atoms with Gasteiger partial charge in [0.05, 0.1) is 24.8 Å². The number of methoxy groups -OCH3 is 2. The quantitative estimate of drug-likeness (QED) is 0.337. The first-order chi connectivity index (χ1) is 19.0. The van der Waals surface area contributed by atoms with E-state index in [0.717, 1.165) is 0 Å². The number of ether oxygens (including phenoxy) is 3. The largest absolute Gasteiger partial charge is 0.506 e. The van der Waals surface area contributed by atoms with Crippen molar-refractivity contribution in [1.29, 1.82) is 0 Å². The number of allylic oxidation sites excluding steroid dienone is 1. The van der Waals surface area contributed by atoms with Crippen LogP contribution >= 0.6 is 23.2 Å². The molecule has 1 spiro atoms. The van der Waals surface area contributed by atoms with Gasteiger partial charge in [0, 0.05) is 29.2 Å². The second kappa shape index (κ2) is 8.90. The number of nitrogens with one attached hydrogen (secondary N) is 3. The molecule has 3 atom stereocenters. The highest BCUT2D eigenvalue weighted by Crippen LogP contribution is 2.56. The smallest absolute Gasteiger partial charge is 0.327 e. The Morgan fingerprint density at radius 2 is 1.75 bits per heavy atom. The Morgan fingerprint density at radius 3 is 2.42 bits per heavy atom. The molecule has 0 saturated carbocycles. The molecule has 2 aromatic carbocycles. The van der Waals surface area contributed by atoms with Gasteiger partial charge < -0.3 is 24.6 Å². The summed E-state index contributed by atoms with van der Waals surface area (Å²) in [5.41, 5.74) is -2.64. The molecule has 2 aliphatic heterocycles. The highest BCUT2D eigenvalue weighted by Gasteiger charge is 2.63. The number of phenolic OH excluding ortho intramolecular Hbond substituents is 1. The number of aromatic amines is 2. The van der Waals surface area contributed by atoms with Crippen molar-refractivity contribution in [3.8, 4) is 23.0 Å². The molecule has 3 heterocycles. The van der Waals surface area contributed by atoms with Gasteiger partial charge in [0.2, 0.25) is 17.2 Å². The van der Waals surface area contributed by atoms with Gasteiger partial charge in [-0.2, -0.15) is 0 Å². The monoisotopic (exact) mass is 585 g/mol. The van der Waals surface area contributed by atoms with Crippen LogP contribution in [0.4, 0.5) is 5.82 Å². The number of hydrogen-bond donors (Lipinski definition) is 4. The van der Waals surface area contributed by atoms with Crippen LogP contribution in [0.2, 0.25) is 10.0 Å². The first-order valence-corrected chi connectivity index (χ1v) is 12.9. The Morgan fingerprint density at radius 1 is 1.02 bits per heavy atom. The normalized spacial score (nSPS) is 22.8. The van der Waals surface area contributed by atoms with Gasteiger partial charge in [-0.1, -0.05) is 36.2 Å². The van der Waals surface area contributed by atoms with Crippen LogP contribution in [-0.4, -0.2) is 46.5 Å². The third kappa shape index (κ3) is 3.37. The van der Waals surface area contributed by atoms with Crippen molar-refractivity contribution in [2.24, 2.45) is 5.92 Å². The first-order valence-electron chi connectivity index (χ1n) is 12.1. The van der Waals surface area contributed by atoms with E-state index in [-0.39, 0.29) is 62.0 Å². The minimum absolute atomic E-state index is 0.00584. The van der Waals surface area contributed by atoms with Gasteiger partial charge in [0.25, 0.3) is 5.56 Å². The maximum atomic E-state index is 14.6. The molecule has 1 aliphatic carbocycles. The van der Waals surface area contributed by atoms with E-state index in [1.165, 1.54) is 38.5 Å². The molecule has 40 heavy (non-hydrogen) atoms. The Bertz CT molecular complexity index is 1810. The minimum atomic E-state index is -2.03. The molecule has 6 rings (SSSR count). The number of phenols is 1. The number of Topliss-reactive ketones (excluding diaryl/α,β-unsaturated/α-hetero) is 2. The number of aromatic hydroxyl groups is 1. The summed E-state index contributed by atoms with van der Waals surface area (Å²) in [7, 11) is 2.76. The molecule has 3 aromatic rings. The number of fused-ring (bicyclic) bond motifs is 2. The van der Waals surface area contributed by atoms with E-state index in [4.69, 9.17) is 37.4 Å². The molecule has 1 unspecified atom stereocenters. The zero-order chi connectivity index (χ0) is 28.7. The van der Waals surface area contributed by atoms with Crippen molar-refractivity contribution in [2.75, 3.05) is 19.5 Å². The molecular weight excluding hydrogens is 565 g/mol. The number of benzene rings is 2. The predicted octanol–water partition coefficient (Wildman–Crippen LogP) is 3.53. The van der Waals surface area contributed by atoms with Gasteiger partial charge in [-0.05, 0) is 24.1 Å². The molecule has 0 fully saturated rings. The van der Waals surface area contributed by atoms with E-state index in [1.807, 2.05) is 0 Å². The van der Waals surface area contributed by atoms with E-state index in [2.05, 4.69) is 15.3 Å². The Hall–Kier alpha value is -4.22. The molecule has 0 saturated heterocycles. The summed E-state index contributed by atoms with van der Waals surface area (Å²) < 4.78 is 17.0. The maximum Gasteiger partial charge on any atom is 0.327 e. The van der Waals surface area contributed by atoms with Crippen LogP contribution in [0.5, 0.6) is 23.0 Å². The minimum Gasteiger partial charge on any atom is -0.506 e. The highest BCUT2D eigenvalue weighted by atomic mass is 35.5. The van der Waals surface area contributed by atoms with Crippen LogP contribution in [0.3, 0.4) is 0 Å². The predicted molar refractivity (Wildman–Crippen MR) is 144 cm³/mol. The number of halogens is 2. The fourth-order valence-electron chi connectivity index (χ4n) is 5.82. The fourth-order valence-corrected chi connectivity index (χ4v) is 6.27. The summed E-state index contributed by atoms with van der Waals surface area (Å²) in [5.74, 6) is -2.94. The zero-order valence-corrected chi connectivity index (χ0v) is 22.7. The van der Waals surface area contributed by atoms with Crippen LogP contribution in [0.15, 0.2) is 45.1 Å². The van der Waals surface area contributed by atoms with Gasteiger partial charge in [0.15, 0.2) is 5.75 Å². The van der Waals surface area contributed by atoms with Gasteiger partial charge in [-0.15, -0.1) is 0 Å². The van der Waals surface area contributed by atoms with Crippen LogP contribution in [0.1, 0.15) is 40.7 Å². The number of carbonyl (C=O) groups is 2. The lowest BCUT2D eigenvalue weighted by Crippen LogP contribution is -2.58. The van der Waals surface area contributed by atoms with Crippen molar-refractivity contribution >= 4 is 40.6 Å². The number of anilines is 1. The van der Waals surface area contributed by atoms with Gasteiger partial charge in [0.1, 0.15) is 33.7 Å². The Labute approximate surface area is 235 Å². The summed E-state index contributed by atoms with van der Waals surface area (Å²) in [6, 6.07) is 5.69. The van der Waals surface area contributed by atoms with Gasteiger partial charge in [-0.3, -0.25) is 24.4 Å². The summed E-state index contributed by atoms with van der Waals surface area (Å²) in [6.45, 7) is 1.69. The lowest BCUT2D eigenvalue weighted by Gasteiger charge is -2.42. The van der Waals surface area contributed by atoms with Crippen molar-refractivity contribution in [2.45, 2.75) is 24.9 Å². The topological polar surface area (TPSA) is 160 Å². The van der Waals surface area contributed by atoms with E-state index in [9.17, 15) is 24.3 Å². The molecular formula is C27H21Cl2N3O8. The second-order valence-corrected chi connectivity index (χ2v) is 10.5. The van der Waals surface area contributed by atoms with Crippen LogP contribution < -0.4 is 30.8 Å². The fraction of sp³-hybridized carbons (Fsp3) is 0.259. The number of hydrogen-bond acceptors (Lipinski definition) is 9. The van der Waals surface area contributed by atoms with Crippen molar-refractivity contribution in [3.05, 3.63) is 83.1 Å². The van der Waals surface area contributed by atoms with Crippen LogP contribution in [0, 0.1) is 5.92 Å². The van der Waals surface area contributed by atoms with E-state index < -0.39 is 40.3 Å². The SMILES string of the molecule is COc1cc(OC)c2c(c1Cl)O[C@@]1(C(=O)C3=C(C[C@H]1C)Nc1[nH]c(=O)[nH]c(=O)c1C3c1ccc(O)c(Cl)c1)C2=O. The second-order valence-electron chi connectivity index (χ2n) is 9.76. The van der Waals surface area contributed by atoms with Crippen molar-refractivity contribution in [1.82, 2.24) is 9.97 Å². The molecule has 0 bridgehead atoms. The lowest BCUT2D eigenvalue weighted by molar-refractivity contribution is -0.130. The number of rotatable bonds is 3. The average Bonchev–Trinajstić information content (AvgIpc) is 3.23. The van der Waals surface area contributed by atoms with Crippen LogP contribution in [0.25, 0.3) is 0 Å². The highest BCUT2D eigenvalue weighted by molar-refractivity contribution is 6.36. The summed E-state index contributed by atoms with van der Waals surface area (Å²) in [5, 5.41) is 13.0. The number of H-pyrrole nitrogens is 2. The molecule has 13 heteroatoms. The summed E-state index contributed by atoms with van der Waals surface area (Å²) >= 11 is 12.7. The zero-order valence-electron chi connectivity index (χ0n) is 21.2. The summed E-state index contributed by atoms with van der Waals surface area (Å²) in [4.78, 5) is 58.8. The van der Waals surface area contributed by atoms with E-state index in [0.29, 0.717) is 11.3 Å². The van der Waals surface area contributed by atoms with Gasteiger partial charge >= 0.3 is 5.69 Å². The average molecular weight is 586 g/mol. The Kier molecular flexibility index (Phi) is 5.79. The van der Waals surface area contributed by atoms with Crippen molar-refractivity contribution in [3.63, 3.8) is 0 Å². The molecule has 0 radical (unpaired) electrons. The molecule has 11 nitrogen and oxygen atoms in total. The number of carbonyl (C=O) groups excluding carboxylic acids is 2. The Balaban J connectivity index is 1.59. The number of aromatic nitrogens is 2. The molecule has 3 aliphatic rings. The lowest BCUT2D eigenvalue weighted by atomic mass is 9.66. The molecule has 0 amide bonds. The number of ketones is 2. The molecule has 1 aromatic heterocycles. The maximum absolute atomic E-state index is 14.6. The molecule has 4 N–H and O–H groups in total. The third-order valence-electron chi connectivity index (χ3n) is 7.67. The van der Waals surface area contributed by atoms with Gasteiger partial charge in [-0.25, -0.2) is 4.79 Å². The van der Waals surface area contributed by atoms with E-state index >= 15 is 0 Å². The third-order valence-corrected chi connectivity index (χ3v) is 8.33. The summed E-state index contributed by atoms with van der Waals surface area (Å²) in [6.07, 6.45) is 0.133.